The lowest BCUT2D eigenvalue weighted by molar-refractivity contribution is 0.0806. The van der Waals surface area contributed by atoms with Crippen molar-refractivity contribution in [3.63, 3.8) is 0 Å². The molecule has 20 heavy (non-hydrogen) atoms. The van der Waals surface area contributed by atoms with Crippen molar-refractivity contribution in [3.05, 3.63) is 29.8 Å². The summed E-state index contributed by atoms with van der Waals surface area (Å²) in [6.07, 6.45) is 2.79. The van der Waals surface area contributed by atoms with Crippen LogP contribution in [-0.2, 0) is 15.9 Å². The highest BCUT2D eigenvalue weighted by Gasteiger charge is 2.02. The Hall–Kier alpha value is -1.10. The zero-order chi connectivity index (χ0) is 14.6. The van der Waals surface area contributed by atoms with Crippen molar-refractivity contribution < 1.29 is 14.2 Å². The van der Waals surface area contributed by atoms with Crippen LogP contribution in [0.3, 0.4) is 0 Å². The van der Waals surface area contributed by atoms with E-state index in [1.54, 1.807) is 7.11 Å². The topological polar surface area (TPSA) is 53.7 Å². The lowest BCUT2D eigenvalue weighted by Crippen LogP contribution is -2.21. The highest BCUT2D eigenvalue weighted by Crippen LogP contribution is 2.14. The Balaban J connectivity index is 2.21. The largest absolute Gasteiger partial charge is 0.491 e. The minimum atomic E-state index is 0.217. The average Bonchev–Trinajstić information content (AvgIpc) is 2.46. The van der Waals surface area contributed by atoms with Crippen LogP contribution in [0.15, 0.2) is 24.3 Å². The summed E-state index contributed by atoms with van der Waals surface area (Å²) in [5.41, 5.74) is 7.18. The van der Waals surface area contributed by atoms with Gasteiger partial charge in [-0.25, -0.2) is 0 Å². The zero-order valence-electron chi connectivity index (χ0n) is 12.6. The smallest absolute Gasteiger partial charge is 0.119 e. The normalized spacial score (nSPS) is 12.3. The van der Waals surface area contributed by atoms with Gasteiger partial charge in [0.25, 0.3) is 0 Å². The molecular weight excluding hydrogens is 254 g/mol. The number of benzene rings is 1. The van der Waals surface area contributed by atoms with E-state index in [1.165, 1.54) is 5.56 Å². The maximum atomic E-state index is 5.96. The third-order valence-electron chi connectivity index (χ3n) is 3.05. The SMILES string of the molecule is CCC(N)Cc1cccc(OCCOCCCOC)c1. The first-order valence-corrected chi connectivity index (χ1v) is 7.30. The van der Waals surface area contributed by atoms with E-state index in [0.29, 0.717) is 19.8 Å². The molecule has 0 amide bonds. The Morgan fingerprint density at radius 1 is 1.15 bits per heavy atom. The molecule has 0 saturated heterocycles. The number of ether oxygens (including phenoxy) is 3. The predicted molar refractivity (Wildman–Crippen MR) is 81.2 cm³/mol. The second-order valence-electron chi connectivity index (χ2n) is 4.83. The summed E-state index contributed by atoms with van der Waals surface area (Å²) in [5, 5.41) is 0. The molecule has 114 valence electrons. The molecule has 0 spiro atoms. The van der Waals surface area contributed by atoms with Gasteiger partial charge in [-0.3, -0.25) is 0 Å². The molecule has 0 radical (unpaired) electrons. The van der Waals surface area contributed by atoms with Crippen LogP contribution < -0.4 is 10.5 Å². The van der Waals surface area contributed by atoms with Crippen LogP contribution in [0.25, 0.3) is 0 Å². The van der Waals surface area contributed by atoms with Gasteiger partial charge in [-0.1, -0.05) is 19.1 Å². The van der Waals surface area contributed by atoms with E-state index in [4.69, 9.17) is 19.9 Å². The minimum Gasteiger partial charge on any atom is -0.491 e. The summed E-state index contributed by atoms with van der Waals surface area (Å²) < 4.78 is 16.1. The second-order valence-corrected chi connectivity index (χ2v) is 4.83. The molecule has 1 atom stereocenters. The van der Waals surface area contributed by atoms with E-state index in [0.717, 1.165) is 31.6 Å². The number of rotatable bonds is 11. The zero-order valence-corrected chi connectivity index (χ0v) is 12.6. The van der Waals surface area contributed by atoms with Gasteiger partial charge in [0.2, 0.25) is 0 Å². The van der Waals surface area contributed by atoms with E-state index in [2.05, 4.69) is 19.1 Å². The molecular formula is C16H27NO3. The van der Waals surface area contributed by atoms with Gasteiger partial charge in [0.15, 0.2) is 0 Å². The van der Waals surface area contributed by atoms with Gasteiger partial charge >= 0.3 is 0 Å². The van der Waals surface area contributed by atoms with Crippen LogP contribution in [0.2, 0.25) is 0 Å². The quantitative estimate of drug-likeness (QED) is 0.633. The van der Waals surface area contributed by atoms with E-state index >= 15 is 0 Å². The molecule has 1 unspecified atom stereocenters. The average molecular weight is 281 g/mol. The van der Waals surface area contributed by atoms with E-state index in [-0.39, 0.29) is 6.04 Å². The fraction of sp³-hybridized carbons (Fsp3) is 0.625. The van der Waals surface area contributed by atoms with Crippen molar-refractivity contribution in [3.8, 4) is 5.75 Å². The third kappa shape index (κ3) is 7.48. The molecule has 0 aromatic heterocycles. The van der Waals surface area contributed by atoms with Gasteiger partial charge in [-0.05, 0) is 37.0 Å². The van der Waals surface area contributed by atoms with E-state index in [1.807, 2.05) is 12.1 Å². The molecule has 0 saturated carbocycles. The van der Waals surface area contributed by atoms with E-state index in [9.17, 15) is 0 Å². The minimum absolute atomic E-state index is 0.217. The Kier molecular flexibility index (Phi) is 9.04. The Morgan fingerprint density at radius 3 is 2.75 bits per heavy atom. The molecule has 0 heterocycles. The first kappa shape index (κ1) is 17.0. The third-order valence-corrected chi connectivity index (χ3v) is 3.05. The molecule has 0 aliphatic heterocycles. The maximum Gasteiger partial charge on any atom is 0.119 e. The van der Waals surface area contributed by atoms with Gasteiger partial charge in [0, 0.05) is 26.4 Å². The van der Waals surface area contributed by atoms with Gasteiger partial charge in [-0.15, -0.1) is 0 Å². The van der Waals surface area contributed by atoms with Gasteiger partial charge < -0.3 is 19.9 Å². The monoisotopic (exact) mass is 281 g/mol. The van der Waals surface area contributed by atoms with Crippen LogP contribution in [0.1, 0.15) is 25.3 Å². The lowest BCUT2D eigenvalue weighted by atomic mass is 10.0. The predicted octanol–water partition coefficient (Wildman–Crippen LogP) is 2.40. The number of hydrogen-bond donors (Lipinski definition) is 1. The van der Waals surface area contributed by atoms with Crippen molar-refractivity contribution in [1.29, 1.82) is 0 Å². The van der Waals surface area contributed by atoms with Gasteiger partial charge in [0.05, 0.1) is 6.61 Å². The maximum absolute atomic E-state index is 5.96. The molecule has 0 fully saturated rings. The standard InChI is InChI=1S/C16H27NO3/c1-3-15(17)12-14-6-4-7-16(13-14)20-11-10-19-9-5-8-18-2/h4,6-7,13,15H,3,5,8-12,17H2,1-2H3. The first-order valence-electron chi connectivity index (χ1n) is 7.30. The second kappa shape index (κ2) is 10.7. The summed E-state index contributed by atoms with van der Waals surface area (Å²) in [7, 11) is 1.69. The highest BCUT2D eigenvalue weighted by atomic mass is 16.5. The van der Waals surface area contributed by atoms with Crippen molar-refractivity contribution in [1.82, 2.24) is 0 Å². The van der Waals surface area contributed by atoms with Crippen LogP contribution in [-0.4, -0.2) is 39.6 Å². The Labute approximate surface area is 122 Å². The fourth-order valence-electron chi connectivity index (χ4n) is 1.84. The summed E-state index contributed by atoms with van der Waals surface area (Å²) >= 11 is 0. The Morgan fingerprint density at radius 2 is 2.00 bits per heavy atom. The molecule has 2 N–H and O–H groups in total. The molecule has 4 nitrogen and oxygen atoms in total. The van der Waals surface area contributed by atoms with Crippen molar-refractivity contribution in [2.24, 2.45) is 5.73 Å². The van der Waals surface area contributed by atoms with Crippen LogP contribution in [0.4, 0.5) is 0 Å². The van der Waals surface area contributed by atoms with Crippen molar-refractivity contribution in [2.75, 3.05) is 33.5 Å². The molecule has 0 aliphatic rings. The number of methoxy groups -OCH3 is 1. The lowest BCUT2D eigenvalue weighted by Gasteiger charge is -2.11. The van der Waals surface area contributed by atoms with Crippen LogP contribution in [0.5, 0.6) is 5.75 Å². The van der Waals surface area contributed by atoms with Gasteiger partial charge in [0.1, 0.15) is 12.4 Å². The van der Waals surface area contributed by atoms with Crippen LogP contribution in [0, 0.1) is 0 Å². The molecule has 0 aliphatic carbocycles. The van der Waals surface area contributed by atoms with E-state index < -0.39 is 0 Å². The highest BCUT2D eigenvalue weighted by molar-refractivity contribution is 5.29. The Bertz CT molecular complexity index is 357. The molecule has 4 heteroatoms. The summed E-state index contributed by atoms with van der Waals surface area (Å²) in [6.45, 7) is 4.72. The van der Waals surface area contributed by atoms with Gasteiger partial charge in [-0.2, -0.15) is 0 Å². The first-order chi connectivity index (χ1) is 9.76. The van der Waals surface area contributed by atoms with Crippen molar-refractivity contribution >= 4 is 0 Å². The van der Waals surface area contributed by atoms with Crippen molar-refractivity contribution in [2.45, 2.75) is 32.2 Å². The summed E-state index contributed by atoms with van der Waals surface area (Å²) in [5.74, 6) is 0.881. The molecule has 1 aromatic carbocycles. The summed E-state index contributed by atoms with van der Waals surface area (Å²) in [4.78, 5) is 0. The summed E-state index contributed by atoms with van der Waals surface area (Å²) in [6, 6.07) is 8.33. The molecule has 1 aromatic rings. The number of hydrogen-bond acceptors (Lipinski definition) is 4. The molecule has 1 rings (SSSR count). The van der Waals surface area contributed by atoms with Crippen LogP contribution >= 0.6 is 0 Å². The number of nitrogens with two attached hydrogens (primary N) is 1. The fourth-order valence-corrected chi connectivity index (χ4v) is 1.84. The molecule has 0 bridgehead atoms.